The van der Waals surface area contributed by atoms with Crippen LogP contribution in [0.2, 0.25) is 0 Å². The SMILES string of the molecule is O=[N+]([O-])c1ccccc1S(=O)(=O)N1CCN(S(=O)(=O)c2ccccc2[N+](=O)[O-])Cc2cc(Br)sc2-c2sc(Br)cc2C1. The van der Waals surface area contributed by atoms with Crippen molar-refractivity contribution in [1.82, 2.24) is 8.61 Å². The van der Waals surface area contributed by atoms with Gasteiger partial charge in [0.2, 0.25) is 20.0 Å². The first-order valence-electron chi connectivity index (χ1n) is 11.8. The number of nitro groups is 2. The monoisotopic (exact) mass is 776 g/mol. The van der Waals surface area contributed by atoms with Gasteiger partial charge in [0, 0.05) is 38.3 Å². The van der Waals surface area contributed by atoms with E-state index in [-0.39, 0.29) is 26.2 Å². The fourth-order valence-corrected chi connectivity index (χ4v) is 11.2. The average Bonchev–Trinajstić information content (AvgIpc) is 3.50. The van der Waals surface area contributed by atoms with Crippen LogP contribution in [0.25, 0.3) is 9.75 Å². The maximum absolute atomic E-state index is 14.0. The molecule has 1 aliphatic heterocycles. The van der Waals surface area contributed by atoms with Crippen LogP contribution in [0.15, 0.2) is 78.0 Å². The zero-order chi connectivity index (χ0) is 30.4. The average molecular weight is 779 g/mol. The van der Waals surface area contributed by atoms with Crippen molar-refractivity contribution < 1.29 is 26.7 Å². The van der Waals surface area contributed by atoms with Crippen LogP contribution in [0.4, 0.5) is 11.4 Å². The van der Waals surface area contributed by atoms with E-state index in [9.17, 15) is 37.1 Å². The lowest BCUT2D eigenvalue weighted by Crippen LogP contribution is -2.41. The first-order valence-corrected chi connectivity index (χ1v) is 17.9. The largest absolute Gasteiger partial charge is 0.289 e. The predicted octanol–water partition coefficient (Wildman–Crippen LogP) is 6.21. The Morgan fingerprint density at radius 2 is 1.02 bits per heavy atom. The van der Waals surface area contributed by atoms with Gasteiger partial charge in [0.05, 0.1) is 27.2 Å². The third-order valence-electron chi connectivity index (χ3n) is 6.42. The van der Waals surface area contributed by atoms with Gasteiger partial charge in [-0.3, -0.25) is 20.2 Å². The van der Waals surface area contributed by atoms with Crippen molar-refractivity contribution in [2.45, 2.75) is 22.9 Å². The lowest BCUT2D eigenvalue weighted by molar-refractivity contribution is -0.388. The zero-order valence-corrected chi connectivity index (χ0v) is 27.5. The number of nitro benzene ring substituents is 2. The highest BCUT2D eigenvalue weighted by atomic mass is 79.9. The molecule has 0 fully saturated rings. The van der Waals surface area contributed by atoms with Crippen molar-refractivity contribution in [3.05, 3.63) is 99.6 Å². The summed E-state index contributed by atoms with van der Waals surface area (Å²) in [6.07, 6.45) is 0. The van der Waals surface area contributed by atoms with E-state index in [2.05, 4.69) is 31.9 Å². The standard InChI is InChI=1S/C24H18Br2N4O8S4/c25-21-11-15-13-27(41(35,36)19-7-3-1-5-17(19)29(31)32)9-10-28(14-16-12-22(26)40-24(16)23(15)39-21)42(37,38)20-8-4-2-6-18(20)30(33)34/h1-8,11-12H,9-10,13-14H2. The molecule has 5 rings (SSSR count). The number of fused-ring (bicyclic) bond motifs is 3. The molecule has 1 aliphatic rings. The fraction of sp³-hybridized carbons (Fsp3) is 0.167. The van der Waals surface area contributed by atoms with Crippen LogP contribution in [0.5, 0.6) is 0 Å². The van der Waals surface area contributed by atoms with Crippen molar-refractivity contribution in [2.24, 2.45) is 0 Å². The van der Waals surface area contributed by atoms with Gasteiger partial charge in [-0.2, -0.15) is 8.61 Å². The Labute approximate surface area is 264 Å². The summed E-state index contributed by atoms with van der Waals surface area (Å²) in [4.78, 5) is 22.2. The molecule has 0 spiro atoms. The van der Waals surface area contributed by atoms with Crippen LogP contribution in [-0.2, 0) is 33.1 Å². The smallest absolute Gasteiger partial charge is 0.258 e. The molecule has 3 heterocycles. The van der Waals surface area contributed by atoms with Crippen LogP contribution in [0, 0.1) is 20.2 Å². The lowest BCUT2D eigenvalue weighted by atomic mass is 10.1. The summed E-state index contributed by atoms with van der Waals surface area (Å²) >= 11 is 9.60. The Hall–Kier alpha value is -2.58. The summed E-state index contributed by atoms with van der Waals surface area (Å²) in [5, 5.41) is 23.4. The molecule has 0 aliphatic carbocycles. The fourth-order valence-electron chi connectivity index (χ4n) is 4.51. The summed E-state index contributed by atoms with van der Waals surface area (Å²) in [6.45, 7) is -1.19. The molecule has 0 amide bonds. The minimum absolute atomic E-state index is 0.208. The van der Waals surface area contributed by atoms with E-state index in [4.69, 9.17) is 0 Å². The topological polar surface area (TPSA) is 161 Å². The van der Waals surface area contributed by atoms with Gasteiger partial charge in [-0.25, -0.2) is 16.8 Å². The summed E-state index contributed by atoms with van der Waals surface area (Å²) in [5.74, 6) is 0. The van der Waals surface area contributed by atoms with Gasteiger partial charge in [0.25, 0.3) is 11.4 Å². The first kappa shape index (κ1) is 30.9. The maximum atomic E-state index is 14.0. The Kier molecular flexibility index (Phi) is 8.70. The molecule has 2 aromatic carbocycles. The molecular formula is C24H18Br2N4O8S4. The second kappa shape index (κ2) is 11.8. The van der Waals surface area contributed by atoms with Crippen LogP contribution >= 0.6 is 54.5 Å². The quantitative estimate of drug-likeness (QED) is 0.165. The van der Waals surface area contributed by atoms with Gasteiger partial charge >= 0.3 is 0 Å². The highest BCUT2D eigenvalue weighted by Gasteiger charge is 2.37. The molecule has 0 unspecified atom stereocenters. The summed E-state index contributed by atoms with van der Waals surface area (Å²) in [7, 11) is -9.04. The second-order valence-corrected chi connectivity index (χ2v) is 17.6. The number of thiophene rings is 2. The van der Waals surface area contributed by atoms with Gasteiger partial charge in [-0.15, -0.1) is 22.7 Å². The Bertz CT molecular complexity index is 1800. The molecule has 0 bridgehead atoms. The third-order valence-corrected chi connectivity index (χ3v) is 13.7. The number of rotatable bonds is 6. The number of benzene rings is 2. The van der Waals surface area contributed by atoms with Gasteiger partial charge < -0.3 is 0 Å². The summed E-state index contributed by atoms with van der Waals surface area (Å²) in [6, 6.07) is 13.4. The minimum atomic E-state index is -4.52. The van der Waals surface area contributed by atoms with Crippen LogP contribution < -0.4 is 0 Å². The van der Waals surface area contributed by atoms with E-state index in [0.717, 1.165) is 32.9 Å². The van der Waals surface area contributed by atoms with Crippen molar-refractivity contribution in [1.29, 1.82) is 0 Å². The second-order valence-electron chi connectivity index (χ2n) is 8.94. The van der Waals surface area contributed by atoms with E-state index in [1.54, 1.807) is 12.1 Å². The molecule has 0 atom stereocenters. The predicted molar refractivity (Wildman–Crippen MR) is 164 cm³/mol. The maximum Gasteiger partial charge on any atom is 0.289 e. The van der Waals surface area contributed by atoms with Crippen LogP contribution in [0.1, 0.15) is 11.1 Å². The molecule has 0 saturated carbocycles. The van der Waals surface area contributed by atoms with Crippen molar-refractivity contribution in [3.63, 3.8) is 0 Å². The molecular weight excluding hydrogens is 760 g/mol. The number of nitrogens with zero attached hydrogens (tertiary/aromatic N) is 4. The van der Waals surface area contributed by atoms with Gasteiger partial charge in [0.15, 0.2) is 9.79 Å². The van der Waals surface area contributed by atoms with E-state index >= 15 is 0 Å². The number of para-hydroxylation sites is 2. The van der Waals surface area contributed by atoms with Crippen LogP contribution in [0.3, 0.4) is 0 Å². The molecule has 12 nitrogen and oxygen atoms in total. The summed E-state index contributed by atoms with van der Waals surface area (Å²) < 4.78 is 59.3. The van der Waals surface area contributed by atoms with Gasteiger partial charge in [-0.1, -0.05) is 24.3 Å². The van der Waals surface area contributed by atoms with E-state index < -0.39 is 51.1 Å². The van der Waals surface area contributed by atoms with Gasteiger partial charge in [0.1, 0.15) is 0 Å². The van der Waals surface area contributed by atoms with E-state index in [0.29, 0.717) is 28.5 Å². The number of sulfonamides is 2. The molecule has 0 radical (unpaired) electrons. The Morgan fingerprint density at radius 1 is 0.667 bits per heavy atom. The Balaban J connectivity index is 1.70. The van der Waals surface area contributed by atoms with Crippen LogP contribution in [-0.4, -0.2) is 48.4 Å². The minimum Gasteiger partial charge on any atom is -0.258 e. The molecule has 0 N–H and O–H groups in total. The molecule has 220 valence electrons. The van der Waals surface area contributed by atoms with Crippen molar-refractivity contribution in [2.75, 3.05) is 13.1 Å². The molecule has 0 saturated heterocycles. The van der Waals surface area contributed by atoms with Crippen molar-refractivity contribution in [3.8, 4) is 9.75 Å². The van der Waals surface area contributed by atoms with Crippen molar-refractivity contribution >= 4 is 86.0 Å². The summed E-state index contributed by atoms with van der Waals surface area (Å²) in [5.41, 5.74) is 0.0182. The van der Waals surface area contributed by atoms with E-state index in [1.807, 2.05) is 0 Å². The molecule has 42 heavy (non-hydrogen) atoms. The highest BCUT2D eigenvalue weighted by Crippen LogP contribution is 2.45. The molecule has 18 heteroatoms. The van der Waals surface area contributed by atoms with Gasteiger partial charge in [-0.05, 0) is 67.3 Å². The van der Waals surface area contributed by atoms with E-state index in [1.165, 1.54) is 46.9 Å². The lowest BCUT2D eigenvalue weighted by Gasteiger charge is -2.28. The molecule has 4 aromatic rings. The zero-order valence-electron chi connectivity index (χ0n) is 21.0. The highest BCUT2D eigenvalue weighted by molar-refractivity contribution is 9.11. The number of hydrogen-bond donors (Lipinski definition) is 0. The first-order chi connectivity index (χ1) is 19.8. The molecule has 2 aromatic heterocycles. The Morgan fingerprint density at radius 3 is 1.38 bits per heavy atom. The number of halogens is 2. The third kappa shape index (κ3) is 5.81. The normalized spacial score (nSPS) is 15.1. The number of hydrogen-bond acceptors (Lipinski definition) is 10.